The second kappa shape index (κ2) is 9.79. The SMILES string of the molecule is c1ccc(-c2cc(-c3ccc4c5ccccc5n(-c5ccccc5)c4c3)nc(-c3cccc4c3oc3ccccc34)n2)cc1. The first-order valence-corrected chi connectivity index (χ1v) is 14.8. The number of nitrogens with zero attached hydrogens (tertiary/aromatic N) is 3. The zero-order chi connectivity index (χ0) is 29.0. The molecule has 0 saturated heterocycles. The van der Waals surface area contributed by atoms with E-state index in [4.69, 9.17) is 14.4 Å². The minimum Gasteiger partial charge on any atom is -0.455 e. The second-order valence-electron chi connectivity index (χ2n) is 11.0. The summed E-state index contributed by atoms with van der Waals surface area (Å²) in [7, 11) is 0. The summed E-state index contributed by atoms with van der Waals surface area (Å²) >= 11 is 0. The van der Waals surface area contributed by atoms with Gasteiger partial charge >= 0.3 is 0 Å². The molecule has 0 aliphatic rings. The maximum Gasteiger partial charge on any atom is 0.164 e. The lowest BCUT2D eigenvalue weighted by Crippen LogP contribution is -1.97. The number of benzene rings is 6. The summed E-state index contributed by atoms with van der Waals surface area (Å²) in [5.41, 5.74) is 9.74. The zero-order valence-electron chi connectivity index (χ0n) is 23.7. The molecular weight excluding hydrogens is 538 g/mol. The monoisotopic (exact) mass is 563 g/mol. The van der Waals surface area contributed by atoms with Gasteiger partial charge in [0.25, 0.3) is 0 Å². The third-order valence-electron chi connectivity index (χ3n) is 8.42. The average Bonchev–Trinajstić information content (AvgIpc) is 3.64. The Morgan fingerprint density at radius 1 is 0.455 bits per heavy atom. The molecule has 0 N–H and O–H groups in total. The van der Waals surface area contributed by atoms with Gasteiger partial charge in [-0.05, 0) is 42.5 Å². The minimum atomic E-state index is 0.634. The van der Waals surface area contributed by atoms with E-state index in [-0.39, 0.29) is 0 Å². The Bertz CT molecular complexity index is 2490. The Morgan fingerprint density at radius 2 is 1.11 bits per heavy atom. The molecule has 0 bridgehead atoms. The first kappa shape index (κ1) is 24.6. The average molecular weight is 564 g/mol. The number of hydrogen-bond donors (Lipinski definition) is 0. The van der Waals surface area contributed by atoms with Gasteiger partial charge in [0.05, 0.1) is 28.0 Å². The summed E-state index contributed by atoms with van der Waals surface area (Å²) in [6.45, 7) is 0. The predicted molar refractivity (Wildman–Crippen MR) is 180 cm³/mol. The maximum atomic E-state index is 6.40. The van der Waals surface area contributed by atoms with Crippen molar-refractivity contribution in [3.05, 3.63) is 152 Å². The molecule has 9 aromatic rings. The largest absolute Gasteiger partial charge is 0.455 e. The Kier molecular flexibility index (Phi) is 5.47. The van der Waals surface area contributed by atoms with E-state index < -0.39 is 0 Å². The lowest BCUT2D eigenvalue weighted by Gasteiger charge is -2.11. The normalized spacial score (nSPS) is 11.6. The first-order valence-electron chi connectivity index (χ1n) is 14.8. The van der Waals surface area contributed by atoms with Gasteiger partial charge in [0.15, 0.2) is 5.82 Å². The number of hydrogen-bond acceptors (Lipinski definition) is 3. The van der Waals surface area contributed by atoms with E-state index in [9.17, 15) is 0 Å². The molecule has 0 atom stereocenters. The van der Waals surface area contributed by atoms with E-state index in [0.717, 1.165) is 61.2 Å². The van der Waals surface area contributed by atoms with Gasteiger partial charge < -0.3 is 8.98 Å². The van der Waals surface area contributed by atoms with E-state index in [1.54, 1.807) is 0 Å². The van der Waals surface area contributed by atoms with Crippen LogP contribution in [0.2, 0.25) is 0 Å². The highest BCUT2D eigenvalue weighted by molar-refractivity contribution is 6.11. The summed E-state index contributed by atoms with van der Waals surface area (Å²) in [5.74, 6) is 0.634. The molecule has 3 aromatic heterocycles. The standard InChI is InChI=1S/C40H25N3O/c1-3-12-26(13-4-1)34-25-35(42-40(41-34)33-19-11-18-32-31-17-8-10-21-38(31)44-39(32)33)27-22-23-30-29-16-7-9-20-36(29)43(37(30)24-27)28-14-5-2-6-15-28/h1-25H. The minimum absolute atomic E-state index is 0.634. The van der Waals surface area contributed by atoms with Gasteiger partial charge in [-0.2, -0.15) is 0 Å². The topological polar surface area (TPSA) is 43.9 Å². The van der Waals surface area contributed by atoms with Crippen molar-refractivity contribution in [2.24, 2.45) is 0 Å². The van der Waals surface area contributed by atoms with Crippen molar-refractivity contribution in [2.45, 2.75) is 0 Å². The van der Waals surface area contributed by atoms with Crippen LogP contribution in [0.4, 0.5) is 0 Å². The van der Waals surface area contributed by atoms with Crippen LogP contribution in [-0.4, -0.2) is 14.5 Å². The van der Waals surface area contributed by atoms with E-state index in [0.29, 0.717) is 5.82 Å². The van der Waals surface area contributed by atoms with Crippen LogP contribution in [-0.2, 0) is 0 Å². The number of fused-ring (bicyclic) bond motifs is 6. The van der Waals surface area contributed by atoms with Crippen molar-refractivity contribution in [1.82, 2.24) is 14.5 Å². The molecule has 44 heavy (non-hydrogen) atoms. The summed E-state index contributed by atoms with van der Waals surface area (Å²) in [6.07, 6.45) is 0. The zero-order valence-corrected chi connectivity index (χ0v) is 23.7. The third-order valence-corrected chi connectivity index (χ3v) is 8.42. The molecule has 0 radical (unpaired) electrons. The van der Waals surface area contributed by atoms with E-state index in [1.807, 2.05) is 36.4 Å². The maximum absolute atomic E-state index is 6.40. The number of furan rings is 1. The van der Waals surface area contributed by atoms with Crippen molar-refractivity contribution in [2.75, 3.05) is 0 Å². The predicted octanol–water partition coefficient (Wildman–Crippen LogP) is 10.5. The van der Waals surface area contributed by atoms with Crippen LogP contribution in [0.3, 0.4) is 0 Å². The van der Waals surface area contributed by atoms with Gasteiger partial charge in [-0.15, -0.1) is 0 Å². The van der Waals surface area contributed by atoms with E-state index in [2.05, 4.69) is 120 Å². The first-order chi connectivity index (χ1) is 21.8. The van der Waals surface area contributed by atoms with Crippen molar-refractivity contribution in [3.8, 4) is 39.6 Å². The molecular formula is C40H25N3O. The van der Waals surface area contributed by atoms with Crippen LogP contribution in [0.25, 0.3) is 83.3 Å². The Morgan fingerprint density at radius 3 is 1.95 bits per heavy atom. The van der Waals surface area contributed by atoms with Gasteiger partial charge in [0.1, 0.15) is 11.2 Å². The Hall–Kier alpha value is -6.00. The fraction of sp³-hybridized carbons (Fsp3) is 0. The molecule has 0 amide bonds. The molecule has 0 unspecified atom stereocenters. The molecule has 0 spiro atoms. The van der Waals surface area contributed by atoms with Gasteiger partial charge in [-0.1, -0.05) is 109 Å². The van der Waals surface area contributed by atoms with Crippen molar-refractivity contribution < 1.29 is 4.42 Å². The van der Waals surface area contributed by atoms with Crippen LogP contribution in [0.5, 0.6) is 0 Å². The summed E-state index contributed by atoms with van der Waals surface area (Å²) < 4.78 is 8.74. The fourth-order valence-corrected chi connectivity index (χ4v) is 6.38. The smallest absolute Gasteiger partial charge is 0.164 e. The Balaban J connectivity index is 1.31. The fourth-order valence-electron chi connectivity index (χ4n) is 6.38. The van der Waals surface area contributed by atoms with Gasteiger partial charge in [0.2, 0.25) is 0 Å². The van der Waals surface area contributed by atoms with E-state index >= 15 is 0 Å². The molecule has 0 aliphatic heterocycles. The van der Waals surface area contributed by atoms with Crippen LogP contribution in [0.1, 0.15) is 0 Å². The highest BCUT2D eigenvalue weighted by Gasteiger charge is 2.18. The lowest BCUT2D eigenvalue weighted by molar-refractivity contribution is 0.669. The summed E-state index contributed by atoms with van der Waals surface area (Å²) in [5, 5.41) is 4.57. The number of aromatic nitrogens is 3. The third kappa shape index (κ3) is 3.85. The van der Waals surface area contributed by atoms with Crippen molar-refractivity contribution in [1.29, 1.82) is 0 Å². The van der Waals surface area contributed by atoms with Crippen molar-refractivity contribution in [3.63, 3.8) is 0 Å². The lowest BCUT2D eigenvalue weighted by atomic mass is 10.0. The molecule has 4 heteroatoms. The highest BCUT2D eigenvalue weighted by atomic mass is 16.3. The highest BCUT2D eigenvalue weighted by Crippen LogP contribution is 2.38. The van der Waals surface area contributed by atoms with Crippen LogP contribution < -0.4 is 0 Å². The molecule has 206 valence electrons. The molecule has 3 heterocycles. The molecule has 0 saturated carbocycles. The summed E-state index contributed by atoms with van der Waals surface area (Å²) in [6, 6.07) is 52.5. The van der Waals surface area contributed by atoms with Crippen LogP contribution >= 0.6 is 0 Å². The van der Waals surface area contributed by atoms with Gasteiger partial charge in [-0.25, -0.2) is 9.97 Å². The van der Waals surface area contributed by atoms with Crippen LogP contribution in [0.15, 0.2) is 156 Å². The number of rotatable bonds is 4. The second-order valence-corrected chi connectivity index (χ2v) is 11.0. The van der Waals surface area contributed by atoms with E-state index in [1.165, 1.54) is 16.3 Å². The summed E-state index contributed by atoms with van der Waals surface area (Å²) in [4.78, 5) is 10.3. The molecule has 9 rings (SSSR count). The Labute approximate surface area is 253 Å². The quantitative estimate of drug-likeness (QED) is 0.214. The van der Waals surface area contributed by atoms with Crippen LogP contribution in [0, 0.1) is 0 Å². The molecule has 4 nitrogen and oxygen atoms in total. The van der Waals surface area contributed by atoms with Gasteiger partial charge in [-0.3, -0.25) is 0 Å². The molecule has 0 aliphatic carbocycles. The van der Waals surface area contributed by atoms with Crippen molar-refractivity contribution >= 4 is 43.7 Å². The number of para-hydroxylation sites is 4. The molecule has 0 fully saturated rings. The molecule has 6 aromatic carbocycles. The van der Waals surface area contributed by atoms with Gasteiger partial charge in [0, 0.05) is 38.4 Å².